The predicted molar refractivity (Wildman–Crippen MR) is 71.9 cm³/mol. The van der Waals surface area contributed by atoms with E-state index >= 15 is 0 Å². The normalized spacial score (nSPS) is 10.9. The Labute approximate surface area is 123 Å². The van der Waals surface area contributed by atoms with Crippen molar-refractivity contribution in [3.63, 3.8) is 0 Å². The van der Waals surface area contributed by atoms with E-state index in [4.69, 9.17) is 4.74 Å². The first-order valence-electron chi connectivity index (χ1n) is 6.05. The molecular formula is C14H11F3N2O3. The summed E-state index contributed by atoms with van der Waals surface area (Å²) in [6.07, 6.45) is -3.59. The minimum Gasteiger partial charge on any atom is -0.481 e. The van der Waals surface area contributed by atoms with Crippen LogP contribution in [-0.4, -0.2) is 24.4 Å². The van der Waals surface area contributed by atoms with Crippen molar-refractivity contribution in [2.45, 2.75) is 6.36 Å². The fourth-order valence-corrected chi connectivity index (χ4v) is 1.61. The third-order valence-electron chi connectivity index (χ3n) is 2.57. The van der Waals surface area contributed by atoms with Gasteiger partial charge in [0.15, 0.2) is 5.75 Å². The number of pyridine rings is 1. The third kappa shape index (κ3) is 4.11. The fourth-order valence-electron chi connectivity index (χ4n) is 1.61. The lowest BCUT2D eigenvalue weighted by atomic mass is 10.2. The molecule has 0 aliphatic heterocycles. The second kappa shape index (κ2) is 6.33. The van der Waals surface area contributed by atoms with Gasteiger partial charge in [0.1, 0.15) is 0 Å². The van der Waals surface area contributed by atoms with Gasteiger partial charge in [0, 0.05) is 12.3 Å². The van der Waals surface area contributed by atoms with E-state index in [9.17, 15) is 18.0 Å². The number of alkyl halides is 3. The number of halogens is 3. The van der Waals surface area contributed by atoms with Crippen molar-refractivity contribution in [1.82, 2.24) is 4.98 Å². The molecular weight excluding hydrogens is 301 g/mol. The summed E-state index contributed by atoms with van der Waals surface area (Å²) >= 11 is 0. The number of ether oxygens (including phenoxy) is 2. The van der Waals surface area contributed by atoms with E-state index in [1.807, 2.05) is 0 Å². The van der Waals surface area contributed by atoms with Crippen molar-refractivity contribution in [1.29, 1.82) is 0 Å². The van der Waals surface area contributed by atoms with E-state index in [2.05, 4.69) is 15.0 Å². The number of benzene rings is 1. The van der Waals surface area contributed by atoms with Gasteiger partial charge in [-0.1, -0.05) is 12.1 Å². The predicted octanol–water partition coefficient (Wildman–Crippen LogP) is 3.24. The van der Waals surface area contributed by atoms with Crippen molar-refractivity contribution in [2.24, 2.45) is 0 Å². The number of carbonyl (C=O) groups is 1. The summed E-state index contributed by atoms with van der Waals surface area (Å²) < 4.78 is 45.6. The maximum Gasteiger partial charge on any atom is 0.573 e. The second-order valence-corrected chi connectivity index (χ2v) is 4.09. The fraction of sp³-hybridized carbons (Fsp3) is 0.143. The minimum atomic E-state index is -4.84. The van der Waals surface area contributed by atoms with Crippen LogP contribution in [0.3, 0.4) is 0 Å². The van der Waals surface area contributed by atoms with E-state index < -0.39 is 18.0 Å². The summed E-state index contributed by atoms with van der Waals surface area (Å²) in [6, 6.07) is 8.16. The lowest BCUT2D eigenvalue weighted by molar-refractivity contribution is -0.274. The molecule has 1 amide bonds. The smallest absolute Gasteiger partial charge is 0.481 e. The first-order chi connectivity index (χ1) is 10.4. The molecule has 0 bridgehead atoms. The van der Waals surface area contributed by atoms with Crippen molar-refractivity contribution in [3.8, 4) is 11.6 Å². The molecule has 2 rings (SSSR count). The molecule has 0 aliphatic rings. The Balaban J connectivity index is 2.17. The zero-order chi connectivity index (χ0) is 16.2. The molecule has 2 aromatic rings. The average Bonchev–Trinajstić information content (AvgIpc) is 2.48. The molecule has 0 radical (unpaired) electrons. The molecule has 0 saturated heterocycles. The SMILES string of the molecule is COc1ccc(C(=O)Nc2ccccc2OC(F)(F)F)cn1. The van der Waals surface area contributed by atoms with Crippen molar-refractivity contribution in [3.05, 3.63) is 48.2 Å². The minimum absolute atomic E-state index is 0.0966. The summed E-state index contributed by atoms with van der Waals surface area (Å²) in [7, 11) is 1.42. The Bertz CT molecular complexity index is 657. The van der Waals surface area contributed by atoms with Gasteiger partial charge in [-0.2, -0.15) is 0 Å². The largest absolute Gasteiger partial charge is 0.573 e. The van der Waals surface area contributed by atoms with Gasteiger partial charge in [0.2, 0.25) is 5.88 Å². The summed E-state index contributed by atoms with van der Waals surface area (Å²) in [5, 5.41) is 2.34. The highest BCUT2D eigenvalue weighted by atomic mass is 19.4. The number of para-hydroxylation sites is 2. The summed E-state index contributed by atoms with van der Waals surface area (Å²) in [4.78, 5) is 15.9. The Morgan fingerprint density at radius 1 is 1.18 bits per heavy atom. The number of hydrogen-bond acceptors (Lipinski definition) is 4. The number of carbonyl (C=O) groups excluding carboxylic acids is 1. The van der Waals surface area contributed by atoms with E-state index in [-0.39, 0.29) is 11.3 Å². The molecule has 1 heterocycles. The van der Waals surface area contributed by atoms with Crippen LogP contribution in [0, 0.1) is 0 Å². The van der Waals surface area contributed by atoms with Crippen LogP contribution in [0.4, 0.5) is 18.9 Å². The molecule has 1 aromatic heterocycles. The number of amides is 1. The lowest BCUT2D eigenvalue weighted by Crippen LogP contribution is -2.19. The van der Waals surface area contributed by atoms with E-state index in [1.54, 1.807) is 0 Å². The molecule has 8 heteroatoms. The van der Waals surface area contributed by atoms with E-state index in [1.165, 1.54) is 43.6 Å². The van der Waals surface area contributed by atoms with Gasteiger partial charge in [-0.3, -0.25) is 4.79 Å². The topological polar surface area (TPSA) is 60.5 Å². The lowest BCUT2D eigenvalue weighted by Gasteiger charge is -2.13. The van der Waals surface area contributed by atoms with Crippen LogP contribution in [0.5, 0.6) is 11.6 Å². The Morgan fingerprint density at radius 2 is 1.91 bits per heavy atom. The first-order valence-corrected chi connectivity index (χ1v) is 6.05. The molecule has 0 unspecified atom stereocenters. The number of rotatable bonds is 4. The van der Waals surface area contributed by atoms with Crippen LogP contribution in [0.15, 0.2) is 42.6 Å². The van der Waals surface area contributed by atoms with Crippen LogP contribution >= 0.6 is 0 Å². The molecule has 1 N–H and O–H groups in total. The van der Waals surface area contributed by atoms with Gasteiger partial charge in [-0.05, 0) is 18.2 Å². The van der Waals surface area contributed by atoms with E-state index in [0.29, 0.717) is 5.88 Å². The molecule has 0 saturated carbocycles. The third-order valence-corrected chi connectivity index (χ3v) is 2.57. The number of nitrogens with one attached hydrogen (secondary N) is 1. The highest BCUT2D eigenvalue weighted by Gasteiger charge is 2.32. The molecule has 0 spiro atoms. The maximum atomic E-state index is 12.3. The van der Waals surface area contributed by atoms with Gasteiger partial charge >= 0.3 is 6.36 Å². The zero-order valence-corrected chi connectivity index (χ0v) is 11.3. The quantitative estimate of drug-likeness (QED) is 0.941. The van der Waals surface area contributed by atoms with Crippen LogP contribution in [0.2, 0.25) is 0 Å². The van der Waals surface area contributed by atoms with Crippen LogP contribution in [-0.2, 0) is 0 Å². The average molecular weight is 312 g/mol. The molecule has 0 aliphatic carbocycles. The summed E-state index contributed by atoms with van der Waals surface area (Å²) in [5.41, 5.74) is 0.0725. The maximum absolute atomic E-state index is 12.3. The highest BCUT2D eigenvalue weighted by molar-refractivity contribution is 6.04. The molecule has 22 heavy (non-hydrogen) atoms. The first kappa shape index (κ1) is 15.6. The number of nitrogens with zero attached hydrogens (tertiary/aromatic N) is 1. The Kier molecular flexibility index (Phi) is 4.50. The standard InChI is InChI=1S/C14H11F3N2O3/c1-21-12-7-6-9(8-18-12)13(20)19-10-4-2-3-5-11(10)22-14(15,16)17/h2-8H,1H3,(H,19,20). The monoisotopic (exact) mass is 312 g/mol. The molecule has 116 valence electrons. The van der Waals surface area contributed by atoms with Gasteiger partial charge in [-0.15, -0.1) is 13.2 Å². The van der Waals surface area contributed by atoms with Crippen molar-refractivity contribution < 1.29 is 27.4 Å². The second-order valence-electron chi connectivity index (χ2n) is 4.09. The van der Waals surface area contributed by atoms with Crippen molar-refractivity contribution >= 4 is 11.6 Å². The zero-order valence-electron chi connectivity index (χ0n) is 11.3. The molecule has 1 aromatic carbocycles. The highest BCUT2D eigenvalue weighted by Crippen LogP contribution is 2.30. The Hall–Kier alpha value is -2.77. The number of aromatic nitrogens is 1. The van der Waals surface area contributed by atoms with Gasteiger partial charge in [-0.25, -0.2) is 4.98 Å². The van der Waals surface area contributed by atoms with Crippen molar-refractivity contribution in [2.75, 3.05) is 12.4 Å². The molecule has 0 fully saturated rings. The van der Waals surface area contributed by atoms with Gasteiger partial charge in [0.25, 0.3) is 5.91 Å². The van der Waals surface area contributed by atoms with E-state index in [0.717, 1.165) is 6.07 Å². The Morgan fingerprint density at radius 3 is 2.50 bits per heavy atom. The van der Waals surface area contributed by atoms with Crippen LogP contribution in [0.1, 0.15) is 10.4 Å². The summed E-state index contributed by atoms with van der Waals surface area (Å²) in [5.74, 6) is -0.796. The molecule has 5 nitrogen and oxygen atoms in total. The summed E-state index contributed by atoms with van der Waals surface area (Å²) in [6.45, 7) is 0. The number of methoxy groups -OCH3 is 1. The van der Waals surface area contributed by atoms with Crippen LogP contribution in [0.25, 0.3) is 0 Å². The van der Waals surface area contributed by atoms with Gasteiger partial charge in [0.05, 0.1) is 18.4 Å². The van der Waals surface area contributed by atoms with Gasteiger partial charge < -0.3 is 14.8 Å². The molecule has 0 atom stereocenters. The number of anilines is 1. The van der Waals surface area contributed by atoms with Crippen LogP contribution < -0.4 is 14.8 Å². The number of hydrogen-bond donors (Lipinski definition) is 1.